The van der Waals surface area contributed by atoms with Crippen LogP contribution in [-0.4, -0.2) is 31.7 Å². The number of aromatic amines is 1. The van der Waals surface area contributed by atoms with Gasteiger partial charge >= 0.3 is 0 Å². The molecule has 5 heteroatoms. The number of rotatable bonds is 9. The van der Waals surface area contributed by atoms with Gasteiger partial charge in [0.1, 0.15) is 0 Å². The number of aromatic nitrogens is 1. The van der Waals surface area contributed by atoms with Crippen molar-refractivity contribution in [3.63, 3.8) is 0 Å². The summed E-state index contributed by atoms with van der Waals surface area (Å²) in [5.41, 5.74) is 3.18. The van der Waals surface area contributed by atoms with Crippen LogP contribution in [0, 0.1) is 5.92 Å². The molecular weight excluding hydrogens is 364 g/mol. The second-order valence-electron chi connectivity index (χ2n) is 7.18. The van der Waals surface area contributed by atoms with Crippen LogP contribution in [0.15, 0.2) is 48.7 Å². The lowest BCUT2D eigenvalue weighted by Gasteiger charge is -2.23. The number of ether oxygens (including phenoxy) is 2. The summed E-state index contributed by atoms with van der Waals surface area (Å²) in [7, 11) is 3.29. The number of benzene rings is 2. The molecule has 1 unspecified atom stereocenters. The first-order chi connectivity index (χ1) is 14.1. The molecule has 0 saturated carbocycles. The van der Waals surface area contributed by atoms with Crippen LogP contribution >= 0.6 is 0 Å². The zero-order valence-corrected chi connectivity index (χ0v) is 17.6. The minimum Gasteiger partial charge on any atom is -0.493 e. The van der Waals surface area contributed by atoms with Gasteiger partial charge in [0.05, 0.1) is 14.2 Å². The van der Waals surface area contributed by atoms with Crippen LogP contribution in [-0.2, 0) is 4.79 Å². The van der Waals surface area contributed by atoms with Crippen LogP contribution in [0.2, 0.25) is 0 Å². The Morgan fingerprint density at radius 2 is 1.76 bits per heavy atom. The highest BCUT2D eigenvalue weighted by Crippen LogP contribution is 2.40. The van der Waals surface area contributed by atoms with Crippen molar-refractivity contribution >= 4 is 16.8 Å². The average molecular weight is 395 g/mol. The van der Waals surface area contributed by atoms with E-state index in [9.17, 15) is 4.79 Å². The number of methoxy groups -OCH3 is 2. The van der Waals surface area contributed by atoms with Crippen LogP contribution in [0.1, 0.15) is 43.7 Å². The fourth-order valence-corrected chi connectivity index (χ4v) is 3.96. The molecule has 0 spiro atoms. The molecule has 0 fully saturated rings. The van der Waals surface area contributed by atoms with E-state index in [0.717, 1.165) is 34.9 Å². The number of nitrogens with one attached hydrogen (secondary N) is 2. The van der Waals surface area contributed by atoms with Gasteiger partial charge in [0, 0.05) is 41.0 Å². The van der Waals surface area contributed by atoms with E-state index in [1.807, 2.05) is 36.5 Å². The Morgan fingerprint density at radius 1 is 1.00 bits per heavy atom. The number of carbonyl (C=O) groups is 1. The number of hydrogen-bond donors (Lipinski definition) is 2. The number of amides is 1. The van der Waals surface area contributed by atoms with Gasteiger partial charge in [-0.2, -0.15) is 0 Å². The quantitative estimate of drug-likeness (QED) is 0.544. The van der Waals surface area contributed by atoms with Gasteiger partial charge in [-0.25, -0.2) is 0 Å². The topological polar surface area (TPSA) is 63.4 Å². The minimum absolute atomic E-state index is 0.0332. The van der Waals surface area contributed by atoms with Gasteiger partial charge < -0.3 is 19.8 Å². The van der Waals surface area contributed by atoms with Gasteiger partial charge in [-0.15, -0.1) is 0 Å². The fourth-order valence-electron chi connectivity index (χ4n) is 3.96. The molecule has 154 valence electrons. The molecule has 5 nitrogen and oxygen atoms in total. The first-order valence-electron chi connectivity index (χ1n) is 10.2. The third-order valence-electron chi connectivity index (χ3n) is 5.64. The van der Waals surface area contributed by atoms with Crippen LogP contribution in [0.4, 0.5) is 0 Å². The molecule has 0 aliphatic carbocycles. The smallest absolute Gasteiger partial charge is 0.223 e. The van der Waals surface area contributed by atoms with E-state index in [2.05, 4.69) is 36.3 Å². The summed E-state index contributed by atoms with van der Waals surface area (Å²) in [5, 5.41) is 4.31. The van der Waals surface area contributed by atoms with Crippen molar-refractivity contribution in [1.29, 1.82) is 0 Å². The highest BCUT2D eigenvalue weighted by atomic mass is 16.5. The van der Waals surface area contributed by atoms with Crippen molar-refractivity contribution in [2.24, 2.45) is 5.92 Å². The van der Waals surface area contributed by atoms with Crippen molar-refractivity contribution in [2.45, 2.75) is 32.6 Å². The second kappa shape index (κ2) is 9.50. The predicted octanol–water partition coefficient (Wildman–Crippen LogP) is 4.87. The summed E-state index contributed by atoms with van der Waals surface area (Å²) in [6, 6.07) is 14.1. The molecule has 0 bridgehead atoms. The lowest BCUT2D eigenvalue weighted by molar-refractivity contribution is -0.125. The van der Waals surface area contributed by atoms with Crippen molar-refractivity contribution in [3.05, 3.63) is 59.8 Å². The summed E-state index contributed by atoms with van der Waals surface area (Å²) >= 11 is 0. The molecule has 0 radical (unpaired) electrons. The highest BCUT2D eigenvalue weighted by molar-refractivity contribution is 5.85. The summed E-state index contributed by atoms with van der Waals surface area (Å²) in [6.45, 7) is 4.59. The molecule has 1 atom stereocenters. The lowest BCUT2D eigenvalue weighted by Crippen LogP contribution is -2.33. The minimum atomic E-state index is -0.0745. The summed E-state index contributed by atoms with van der Waals surface area (Å²) < 4.78 is 11.2. The zero-order chi connectivity index (χ0) is 20.8. The van der Waals surface area contributed by atoms with E-state index in [1.54, 1.807) is 14.2 Å². The number of fused-ring (bicyclic) bond motifs is 1. The normalized spacial score (nSPS) is 12.2. The van der Waals surface area contributed by atoms with Gasteiger partial charge in [-0.3, -0.25) is 4.79 Å². The maximum atomic E-state index is 12.7. The zero-order valence-electron chi connectivity index (χ0n) is 17.6. The van der Waals surface area contributed by atoms with E-state index < -0.39 is 0 Å². The number of hydrogen-bond acceptors (Lipinski definition) is 3. The van der Waals surface area contributed by atoms with E-state index in [0.29, 0.717) is 18.0 Å². The SMILES string of the molecule is CCC(CC)C(=O)NCC(c1cccc(OC)c1OC)c1c[nH]c2ccccc12. The number of carbonyl (C=O) groups excluding carboxylic acids is 1. The van der Waals surface area contributed by atoms with Crippen molar-refractivity contribution in [1.82, 2.24) is 10.3 Å². The molecule has 3 aromatic rings. The Labute approximate surface area is 172 Å². The van der Waals surface area contributed by atoms with E-state index in [4.69, 9.17) is 9.47 Å². The Balaban J connectivity index is 2.04. The Kier molecular flexibility index (Phi) is 6.81. The summed E-state index contributed by atoms with van der Waals surface area (Å²) in [5.74, 6) is 1.44. The van der Waals surface area contributed by atoms with Crippen LogP contribution in [0.5, 0.6) is 11.5 Å². The van der Waals surface area contributed by atoms with Crippen LogP contribution in [0.3, 0.4) is 0 Å². The van der Waals surface area contributed by atoms with Crippen LogP contribution < -0.4 is 14.8 Å². The second-order valence-corrected chi connectivity index (χ2v) is 7.18. The molecule has 1 heterocycles. The van der Waals surface area contributed by atoms with E-state index >= 15 is 0 Å². The maximum Gasteiger partial charge on any atom is 0.223 e. The highest BCUT2D eigenvalue weighted by Gasteiger charge is 2.25. The molecule has 0 aliphatic heterocycles. The monoisotopic (exact) mass is 394 g/mol. The molecule has 29 heavy (non-hydrogen) atoms. The predicted molar refractivity (Wildman–Crippen MR) is 117 cm³/mol. The van der Waals surface area contributed by atoms with Gasteiger partial charge in [0.25, 0.3) is 0 Å². The molecule has 1 aromatic heterocycles. The molecule has 2 aromatic carbocycles. The largest absolute Gasteiger partial charge is 0.493 e. The lowest BCUT2D eigenvalue weighted by atomic mass is 9.89. The Morgan fingerprint density at radius 3 is 2.45 bits per heavy atom. The van der Waals surface area contributed by atoms with Gasteiger partial charge in [0.2, 0.25) is 5.91 Å². The van der Waals surface area contributed by atoms with Crippen molar-refractivity contribution in [2.75, 3.05) is 20.8 Å². The molecule has 2 N–H and O–H groups in total. The summed E-state index contributed by atoms with van der Waals surface area (Å²) in [6.07, 6.45) is 3.70. The molecular formula is C24H30N2O3. The van der Waals surface area contributed by atoms with Crippen molar-refractivity contribution in [3.8, 4) is 11.5 Å². The van der Waals surface area contributed by atoms with E-state index in [1.165, 1.54) is 0 Å². The molecule has 1 amide bonds. The number of H-pyrrole nitrogens is 1. The average Bonchev–Trinajstić information content (AvgIpc) is 3.18. The first kappa shape index (κ1) is 20.8. The van der Waals surface area contributed by atoms with E-state index in [-0.39, 0.29) is 17.7 Å². The Bertz CT molecular complexity index is 960. The molecule has 3 rings (SSSR count). The molecule has 0 aliphatic rings. The van der Waals surface area contributed by atoms with Gasteiger partial charge in [-0.05, 0) is 30.5 Å². The third-order valence-corrected chi connectivity index (χ3v) is 5.64. The maximum absolute atomic E-state index is 12.7. The standard InChI is InChI=1S/C24H30N2O3/c1-5-16(6-2)24(27)26-15-20(18-11-9-13-22(28-3)23(18)29-4)19-14-25-21-12-8-7-10-17(19)21/h7-14,16,20,25H,5-6,15H2,1-4H3,(H,26,27). The fraction of sp³-hybridized carbons (Fsp3) is 0.375. The van der Waals surface area contributed by atoms with Crippen LogP contribution in [0.25, 0.3) is 10.9 Å². The van der Waals surface area contributed by atoms with Crippen molar-refractivity contribution < 1.29 is 14.3 Å². The van der Waals surface area contributed by atoms with Gasteiger partial charge in [0.15, 0.2) is 11.5 Å². The number of para-hydroxylation sites is 2. The first-order valence-corrected chi connectivity index (χ1v) is 10.2. The summed E-state index contributed by atoms with van der Waals surface area (Å²) in [4.78, 5) is 16.0. The Hall–Kier alpha value is -2.95. The molecule has 0 saturated heterocycles. The third kappa shape index (κ3) is 4.24. The van der Waals surface area contributed by atoms with Gasteiger partial charge in [-0.1, -0.05) is 44.2 Å².